The fourth-order valence-corrected chi connectivity index (χ4v) is 0.869. The van der Waals surface area contributed by atoms with E-state index in [1.807, 2.05) is 4.90 Å². The molecule has 1 heterocycles. The molecule has 0 N–H and O–H groups in total. The van der Waals surface area contributed by atoms with E-state index in [1.165, 1.54) is 0 Å². The Morgan fingerprint density at radius 3 is 2.22 bits per heavy atom. The number of carbonyl (C=O) groups excluding carboxylic acids is 1. The Bertz CT molecular complexity index is 97.2. The van der Waals surface area contributed by atoms with Crippen LogP contribution in [0.4, 0.5) is 0 Å². The maximum absolute atomic E-state index is 10.2. The van der Waals surface area contributed by atoms with E-state index in [9.17, 15) is 4.79 Å². The monoisotopic (exact) mass is 127 g/mol. The molecular weight excluding hydrogens is 116 g/mol. The van der Waals surface area contributed by atoms with Gasteiger partial charge in [0.05, 0.1) is 0 Å². The molecule has 0 aromatic carbocycles. The molecule has 1 rings (SSSR count). The van der Waals surface area contributed by atoms with Gasteiger partial charge in [0.1, 0.15) is 0 Å². The lowest BCUT2D eigenvalue weighted by atomic mass is 10.4. The molecule has 1 radical (unpaired) electrons. The van der Waals surface area contributed by atoms with E-state index in [4.69, 9.17) is 0 Å². The smallest absolute Gasteiger partial charge is 0.209 e. The van der Waals surface area contributed by atoms with Gasteiger partial charge in [0.15, 0.2) is 0 Å². The van der Waals surface area contributed by atoms with E-state index in [2.05, 4.69) is 7.05 Å². The Morgan fingerprint density at radius 2 is 1.78 bits per heavy atom. The van der Waals surface area contributed by atoms with Crippen LogP contribution >= 0.6 is 0 Å². The highest BCUT2D eigenvalue weighted by Gasteiger charge is 2.10. The summed E-state index contributed by atoms with van der Waals surface area (Å²) >= 11 is 0. The summed E-state index contributed by atoms with van der Waals surface area (Å²) in [5.41, 5.74) is 0. The van der Waals surface area contributed by atoms with Crippen molar-refractivity contribution < 1.29 is 4.79 Å². The quantitative estimate of drug-likeness (QED) is 0.445. The van der Waals surface area contributed by atoms with E-state index < -0.39 is 0 Å². The molecular formula is C6H11N2O. The average molecular weight is 127 g/mol. The van der Waals surface area contributed by atoms with Gasteiger partial charge in [-0.2, -0.15) is 0 Å². The van der Waals surface area contributed by atoms with Crippen molar-refractivity contribution in [3.05, 3.63) is 7.05 Å². The van der Waals surface area contributed by atoms with Gasteiger partial charge < -0.3 is 4.90 Å². The summed E-state index contributed by atoms with van der Waals surface area (Å²) in [6.45, 7) is 3.46. The van der Waals surface area contributed by atoms with Crippen LogP contribution in [0.2, 0.25) is 0 Å². The van der Waals surface area contributed by atoms with Crippen molar-refractivity contribution in [1.82, 2.24) is 9.80 Å². The van der Waals surface area contributed by atoms with Gasteiger partial charge in [-0.15, -0.1) is 0 Å². The SMILES string of the molecule is [CH2]N1CCN(C=O)CC1. The summed E-state index contributed by atoms with van der Waals surface area (Å²) < 4.78 is 0. The Labute approximate surface area is 55.2 Å². The predicted molar refractivity (Wildman–Crippen MR) is 34.6 cm³/mol. The minimum Gasteiger partial charge on any atom is -0.343 e. The first kappa shape index (κ1) is 6.55. The van der Waals surface area contributed by atoms with Crippen molar-refractivity contribution in [2.24, 2.45) is 0 Å². The van der Waals surface area contributed by atoms with E-state index in [0.29, 0.717) is 0 Å². The van der Waals surface area contributed by atoms with Gasteiger partial charge in [-0.25, -0.2) is 0 Å². The first-order valence-corrected chi connectivity index (χ1v) is 3.08. The van der Waals surface area contributed by atoms with Gasteiger partial charge in [0.25, 0.3) is 0 Å². The molecule has 0 aliphatic carbocycles. The van der Waals surface area contributed by atoms with E-state index in [0.717, 1.165) is 32.6 Å². The van der Waals surface area contributed by atoms with Crippen LogP contribution in [0.5, 0.6) is 0 Å². The molecule has 1 aliphatic rings. The van der Waals surface area contributed by atoms with E-state index in [-0.39, 0.29) is 0 Å². The zero-order chi connectivity index (χ0) is 6.69. The number of hydrogen-bond donors (Lipinski definition) is 0. The highest BCUT2D eigenvalue weighted by atomic mass is 16.1. The van der Waals surface area contributed by atoms with E-state index >= 15 is 0 Å². The van der Waals surface area contributed by atoms with Crippen molar-refractivity contribution in [1.29, 1.82) is 0 Å². The van der Waals surface area contributed by atoms with Crippen LogP contribution in [0.15, 0.2) is 0 Å². The first-order valence-electron chi connectivity index (χ1n) is 3.08. The fourth-order valence-electron chi connectivity index (χ4n) is 0.869. The molecule has 0 spiro atoms. The number of carbonyl (C=O) groups is 1. The number of amides is 1. The summed E-state index contributed by atoms with van der Waals surface area (Å²) in [7, 11) is 3.76. The molecule has 1 fully saturated rings. The van der Waals surface area contributed by atoms with E-state index in [1.54, 1.807) is 4.90 Å². The number of rotatable bonds is 1. The van der Waals surface area contributed by atoms with Gasteiger partial charge in [-0.05, 0) is 0 Å². The molecule has 1 saturated heterocycles. The molecule has 0 atom stereocenters. The Kier molecular flexibility index (Phi) is 2.05. The third kappa shape index (κ3) is 1.68. The third-order valence-corrected chi connectivity index (χ3v) is 1.56. The molecule has 0 aromatic rings. The van der Waals surface area contributed by atoms with Crippen LogP contribution in [0, 0.1) is 7.05 Å². The third-order valence-electron chi connectivity index (χ3n) is 1.56. The summed E-state index contributed by atoms with van der Waals surface area (Å²) in [6.07, 6.45) is 0.896. The number of nitrogens with zero attached hydrogens (tertiary/aromatic N) is 2. The Balaban J connectivity index is 2.26. The lowest BCUT2D eigenvalue weighted by molar-refractivity contribution is -0.119. The minimum atomic E-state index is 0.826. The van der Waals surface area contributed by atoms with Gasteiger partial charge in [0, 0.05) is 33.2 Å². The van der Waals surface area contributed by atoms with Gasteiger partial charge >= 0.3 is 0 Å². The van der Waals surface area contributed by atoms with Crippen molar-refractivity contribution in [2.45, 2.75) is 0 Å². The van der Waals surface area contributed by atoms with Crippen molar-refractivity contribution in [2.75, 3.05) is 26.2 Å². The number of piperazine rings is 1. The highest BCUT2D eigenvalue weighted by molar-refractivity contribution is 5.47. The summed E-state index contributed by atoms with van der Waals surface area (Å²) in [4.78, 5) is 13.9. The second-order valence-electron chi connectivity index (χ2n) is 2.26. The van der Waals surface area contributed by atoms with Crippen LogP contribution in [-0.2, 0) is 4.79 Å². The van der Waals surface area contributed by atoms with Crippen molar-refractivity contribution >= 4 is 6.41 Å². The maximum atomic E-state index is 10.2. The Hall–Kier alpha value is -0.570. The lowest BCUT2D eigenvalue weighted by Gasteiger charge is -2.29. The van der Waals surface area contributed by atoms with Gasteiger partial charge in [-0.3, -0.25) is 9.69 Å². The molecule has 3 heteroatoms. The molecule has 3 nitrogen and oxygen atoms in total. The molecule has 0 saturated carbocycles. The zero-order valence-corrected chi connectivity index (χ0v) is 5.42. The second kappa shape index (κ2) is 2.82. The summed E-state index contributed by atoms with van der Waals surface area (Å²) in [5.74, 6) is 0. The second-order valence-corrected chi connectivity index (χ2v) is 2.26. The maximum Gasteiger partial charge on any atom is 0.209 e. The van der Waals surface area contributed by atoms with Crippen LogP contribution in [0.3, 0.4) is 0 Å². The minimum absolute atomic E-state index is 0.826. The van der Waals surface area contributed by atoms with Crippen LogP contribution in [0.1, 0.15) is 0 Å². The van der Waals surface area contributed by atoms with Crippen LogP contribution in [-0.4, -0.2) is 42.4 Å². The van der Waals surface area contributed by atoms with Crippen LogP contribution in [0.25, 0.3) is 0 Å². The van der Waals surface area contributed by atoms with Gasteiger partial charge in [-0.1, -0.05) is 0 Å². The highest BCUT2D eigenvalue weighted by Crippen LogP contribution is 1.95. The molecule has 0 aromatic heterocycles. The number of hydrogen-bond acceptors (Lipinski definition) is 2. The molecule has 51 valence electrons. The fraction of sp³-hybridized carbons (Fsp3) is 0.667. The van der Waals surface area contributed by atoms with Crippen molar-refractivity contribution in [3.63, 3.8) is 0 Å². The molecule has 9 heavy (non-hydrogen) atoms. The average Bonchev–Trinajstić information content (AvgIpc) is 1.90. The Morgan fingerprint density at radius 1 is 1.22 bits per heavy atom. The van der Waals surface area contributed by atoms with Crippen LogP contribution < -0.4 is 0 Å². The zero-order valence-electron chi connectivity index (χ0n) is 5.42. The molecule has 0 unspecified atom stereocenters. The van der Waals surface area contributed by atoms with Gasteiger partial charge in [0.2, 0.25) is 6.41 Å². The lowest BCUT2D eigenvalue weighted by Crippen LogP contribution is -2.42. The summed E-state index contributed by atoms with van der Waals surface area (Å²) in [5, 5.41) is 0. The normalized spacial score (nSPS) is 22.1. The topological polar surface area (TPSA) is 23.6 Å². The largest absolute Gasteiger partial charge is 0.343 e. The summed E-state index contributed by atoms with van der Waals surface area (Å²) in [6, 6.07) is 0. The van der Waals surface area contributed by atoms with Crippen molar-refractivity contribution in [3.8, 4) is 0 Å². The molecule has 0 bridgehead atoms. The molecule has 1 aliphatic heterocycles. The molecule has 1 amide bonds. The first-order chi connectivity index (χ1) is 4.33. The predicted octanol–water partition coefficient (Wildman–Crippen LogP) is -0.448. The standard InChI is InChI=1S/C6H11N2O/c1-7-2-4-8(6-9)5-3-7/h6H,1-5H2.